The number of rotatable bonds is 3. The number of amides is 1. The van der Waals surface area contributed by atoms with Crippen LogP contribution in [0.2, 0.25) is 0 Å². The van der Waals surface area contributed by atoms with Gasteiger partial charge in [0.2, 0.25) is 0 Å². The van der Waals surface area contributed by atoms with E-state index < -0.39 is 0 Å². The molecule has 5 heteroatoms. The van der Waals surface area contributed by atoms with Crippen molar-refractivity contribution in [2.24, 2.45) is 5.92 Å². The maximum atomic E-state index is 12.7. The molecule has 2 saturated heterocycles. The van der Waals surface area contributed by atoms with Gasteiger partial charge in [0, 0.05) is 31.2 Å². The molecule has 0 unspecified atom stereocenters. The molecule has 0 radical (unpaired) electrons. The first kappa shape index (κ1) is 17.9. The second-order valence-electron chi connectivity index (χ2n) is 7.33. The number of nitrogens with zero attached hydrogens (tertiary/aromatic N) is 2. The van der Waals surface area contributed by atoms with Crippen molar-refractivity contribution < 1.29 is 14.3 Å². The van der Waals surface area contributed by atoms with Crippen LogP contribution in [0.25, 0.3) is 0 Å². The van der Waals surface area contributed by atoms with Gasteiger partial charge in [-0.15, -0.1) is 0 Å². The number of carbonyl (C=O) groups is 2. The first-order chi connectivity index (χ1) is 12.1. The lowest BCUT2D eigenvalue weighted by molar-refractivity contribution is 0.0540. The number of carbonyl (C=O) groups excluding carboxylic acids is 2. The van der Waals surface area contributed by atoms with E-state index in [9.17, 15) is 9.59 Å². The van der Waals surface area contributed by atoms with E-state index in [0.717, 1.165) is 31.8 Å². The molecule has 0 aromatic heterocycles. The maximum Gasteiger partial charge on any atom is 0.337 e. The normalized spacial score (nSPS) is 22.6. The Morgan fingerprint density at radius 3 is 2.24 bits per heavy atom. The van der Waals surface area contributed by atoms with Crippen LogP contribution in [0, 0.1) is 5.92 Å². The van der Waals surface area contributed by atoms with Gasteiger partial charge in [-0.3, -0.25) is 9.69 Å². The average molecular weight is 344 g/mol. The summed E-state index contributed by atoms with van der Waals surface area (Å²) in [6, 6.07) is 7.36. The molecule has 3 rings (SSSR count). The Balaban J connectivity index is 1.55. The fourth-order valence-corrected chi connectivity index (χ4v) is 4.04. The SMILES string of the molecule is COC(=O)c1ccc(C(=O)N2CCC(N3CCC[C@H](C)C3)CC2)cc1. The van der Waals surface area contributed by atoms with Crippen LogP contribution in [-0.2, 0) is 4.74 Å². The van der Waals surface area contributed by atoms with E-state index >= 15 is 0 Å². The van der Waals surface area contributed by atoms with Crippen molar-refractivity contribution in [2.75, 3.05) is 33.3 Å². The van der Waals surface area contributed by atoms with Crippen molar-refractivity contribution >= 4 is 11.9 Å². The monoisotopic (exact) mass is 344 g/mol. The third-order valence-corrected chi connectivity index (χ3v) is 5.51. The Hall–Kier alpha value is -1.88. The third-order valence-electron chi connectivity index (χ3n) is 5.51. The van der Waals surface area contributed by atoms with Crippen molar-refractivity contribution in [3.8, 4) is 0 Å². The van der Waals surface area contributed by atoms with E-state index in [1.807, 2.05) is 4.90 Å². The molecule has 1 aromatic carbocycles. The van der Waals surface area contributed by atoms with Gasteiger partial charge in [0.05, 0.1) is 12.7 Å². The number of hydrogen-bond acceptors (Lipinski definition) is 4. The Labute approximate surface area is 149 Å². The number of esters is 1. The van der Waals surface area contributed by atoms with E-state index in [2.05, 4.69) is 11.8 Å². The predicted octanol–water partition coefficient (Wildman–Crippen LogP) is 2.81. The zero-order chi connectivity index (χ0) is 17.8. The fraction of sp³-hybridized carbons (Fsp3) is 0.600. The lowest BCUT2D eigenvalue weighted by Gasteiger charge is -2.41. The van der Waals surface area contributed by atoms with Gasteiger partial charge in [-0.2, -0.15) is 0 Å². The summed E-state index contributed by atoms with van der Waals surface area (Å²) in [4.78, 5) is 28.7. The smallest absolute Gasteiger partial charge is 0.337 e. The Kier molecular flexibility index (Phi) is 5.74. The molecule has 136 valence electrons. The molecule has 2 fully saturated rings. The largest absolute Gasteiger partial charge is 0.465 e. The quantitative estimate of drug-likeness (QED) is 0.791. The highest BCUT2D eigenvalue weighted by molar-refractivity contribution is 5.96. The fourth-order valence-electron chi connectivity index (χ4n) is 4.04. The van der Waals surface area contributed by atoms with Crippen molar-refractivity contribution in [2.45, 2.75) is 38.6 Å². The minimum Gasteiger partial charge on any atom is -0.465 e. The topological polar surface area (TPSA) is 49.9 Å². The molecular formula is C20H28N2O3. The summed E-state index contributed by atoms with van der Waals surface area (Å²) < 4.78 is 4.69. The average Bonchev–Trinajstić information content (AvgIpc) is 2.67. The molecule has 2 heterocycles. The highest BCUT2D eigenvalue weighted by Gasteiger charge is 2.29. The molecule has 0 spiro atoms. The lowest BCUT2D eigenvalue weighted by atomic mass is 9.95. The van der Waals surface area contributed by atoms with Gasteiger partial charge < -0.3 is 9.64 Å². The Morgan fingerprint density at radius 1 is 1.00 bits per heavy atom. The van der Waals surface area contributed by atoms with Crippen molar-refractivity contribution in [1.82, 2.24) is 9.80 Å². The van der Waals surface area contributed by atoms with Crippen LogP contribution in [-0.4, -0.2) is 61.0 Å². The van der Waals surface area contributed by atoms with Gasteiger partial charge in [-0.25, -0.2) is 4.79 Å². The molecule has 25 heavy (non-hydrogen) atoms. The van der Waals surface area contributed by atoms with E-state index in [4.69, 9.17) is 4.74 Å². The minimum absolute atomic E-state index is 0.0573. The molecular weight excluding hydrogens is 316 g/mol. The van der Waals surface area contributed by atoms with Crippen LogP contribution in [0.15, 0.2) is 24.3 Å². The molecule has 2 aliphatic heterocycles. The molecule has 5 nitrogen and oxygen atoms in total. The van der Waals surface area contributed by atoms with E-state index in [-0.39, 0.29) is 11.9 Å². The van der Waals surface area contributed by atoms with Crippen LogP contribution < -0.4 is 0 Å². The molecule has 2 aliphatic rings. The van der Waals surface area contributed by atoms with Crippen molar-refractivity contribution in [1.29, 1.82) is 0 Å². The van der Waals surface area contributed by atoms with Gasteiger partial charge in [-0.05, 0) is 62.4 Å². The maximum absolute atomic E-state index is 12.7. The van der Waals surface area contributed by atoms with Crippen LogP contribution in [0.1, 0.15) is 53.3 Å². The first-order valence-electron chi connectivity index (χ1n) is 9.30. The van der Waals surface area contributed by atoms with Gasteiger partial charge >= 0.3 is 5.97 Å². The summed E-state index contributed by atoms with van der Waals surface area (Å²) >= 11 is 0. The van der Waals surface area contributed by atoms with Crippen molar-refractivity contribution in [3.05, 3.63) is 35.4 Å². The van der Waals surface area contributed by atoms with Crippen LogP contribution in [0.3, 0.4) is 0 Å². The lowest BCUT2D eigenvalue weighted by Crippen LogP contribution is -2.49. The first-order valence-corrected chi connectivity index (χ1v) is 9.30. The van der Waals surface area contributed by atoms with E-state index in [0.29, 0.717) is 17.2 Å². The summed E-state index contributed by atoms with van der Waals surface area (Å²) in [6.07, 6.45) is 4.75. The second kappa shape index (κ2) is 8.00. The van der Waals surface area contributed by atoms with Crippen LogP contribution in [0.4, 0.5) is 0 Å². The van der Waals surface area contributed by atoms with Crippen molar-refractivity contribution in [3.63, 3.8) is 0 Å². The highest BCUT2D eigenvalue weighted by Crippen LogP contribution is 2.24. The van der Waals surface area contributed by atoms with Gasteiger partial charge in [0.25, 0.3) is 5.91 Å². The molecule has 1 aromatic rings. The standard InChI is InChI=1S/C20H28N2O3/c1-15-4-3-11-22(14-15)18-9-12-21(13-10-18)19(23)16-5-7-17(8-6-16)20(24)25-2/h5-8,15,18H,3-4,9-14H2,1-2H3/t15-/m0/s1. The molecule has 1 atom stereocenters. The molecule has 0 bridgehead atoms. The third kappa shape index (κ3) is 4.21. The van der Waals surface area contributed by atoms with Gasteiger partial charge in [0.1, 0.15) is 0 Å². The summed E-state index contributed by atoms with van der Waals surface area (Å²) in [5.74, 6) is 0.471. The Bertz CT molecular complexity index is 606. The van der Waals surface area contributed by atoms with Crippen LogP contribution in [0.5, 0.6) is 0 Å². The van der Waals surface area contributed by atoms with E-state index in [1.165, 1.54) is 33.0 Å². The predicted molar refractivity (Wildman–Crippen MR) is 96.7 cm³/mol. The number of hydrogen-bond donors (Lipinski definition) is 0. The molecule has 0 saturated carbocycles. The zero-order valence-corrected chi connectivity index (χ0v) is 15.2. The minimum atomic E-state index is -0.379. The number of likely N-dealkylation sites (tertiary alicyclic amines) is 2. The van der Waals surface area contributed by atoms with E-state index in [1.54, 1.807) is 24.3 Å². The van der Waals surface area contributed by atoms with Gasteiger partial charge in [-0.1, -0.05) is 6.92 Å². The number of benzene rings is 1. The zero-order valence-electron chi connectivity index (χ0n) is 15.2. The second-order valence-corrected chi connectivity index (χ2v) is 7.33. The Morgan fingerprint density at radius 2 is 1.64 bits per heavy atom. The molecule has 0 aliphatic carbocycles. The summed E-state index contributed by atoms with van der Waals surface area (Å²) in [5, 5.41) is 0. The van der Waals surface area contributed by atoms with Gasteiger partial charge in [0.15, 0.2) is 0 Å². The summed E-state index contributed by atoms with van der Waals surface area (Å²) in [7, 11) is 1.36. The summed E-state index contributed by atoms with van der Waals surface area (Å²) in [5.41, 5.74) is 1.11. The highest BCUT2D eigenvalue weighted by atomic mass is 16.5. The number of ether oxygens (including phenoxy) is 1. The molecule has 0 N–H and O–H groups in total. The number of methoxy groups -OCH3 is 1. The van der Waals surface area contributed by atoms with Crippen LogP contribution >= 0.6 is 0 Å². The number of piperidine rings is 2. The summed E-state index contributed by atoms with van der Waals surface area (Å²) in [6.45, 7) is 6.37. The molecule has 1 amide bonds.